The molecule has 286 valence electrons. The number of aromatic nitrogens is 1. The number of fused-ring (bicyclic) bond motifs is 7. The van der Waals surface area contributed by atoms with Crippen LogP contribution in [0.3, 0.4) is 0 Å². The quantitative estimate of drug-likeness (QED) is 0.161. The van der Waals surface area contributed by atoms with Gasteiger partial charge in [0.05, 0.1) is 16.7 Å². The average molecular weight is 779 g/mol. The van der Waals surface area contributed by atoms with Gasteiger partial charge in [-0.2, -0.15) is 0 Å². The molecule has 3 nitrogen and oxygen atoms in total. The SMILES string of the molecule is c1cc(N(c2ccc(-c3ccc(-c4ccc5ccccc5c4)cc3)cc2)c2ccccc2-c2cccc3c2oc2ccccc23)cc(-n2c3ccccc3c3ccccc32)c1. The van der Waals surface area contributed by atoms with Gasteiger partial charge in [0.2, 0.25) is 0 Å². The number of benzene rings is 10. The molecule has 0 unspecified atom stereocenters. The first-order chi connectivity index (χ1) is 30.2. The van der Waals surface area contributed by atoms with Crippen LogP contribution < -0.4 is 4.90 Å². The van der Waals surface area contributed by atoms with Crippen LogP contribution in [-0.4, -0.2) is 4.57 Å². The van der Waals surface area contributed by atoms with Gasteiger partial charge in [0.1, 0.15) is 11.2 Å². The smallest absolute Gasteiger partial charge is 0.143 e. The molecule has 0 saturated heterocycles. The van der Waals surface area contributed by atoms with E-state index in [2.05, 4.69) is 234 Å². The molecule has 0 amide bonds. The summed E-state index contributed by atoms with van der Waals surface area (Å²) in [5, 5.41) is 7.22. The summed E-state index contributed by atoms with van der Waals surface area (Å²) in [6.07, 6.45) is 0. The Labute approximate surface area is 353 Å². The molecule has 0 aliphatic heterocycles. The van der Waals surface area contributed by atoms with E-state index in [9.17, 15) is 0 Å². The van der Waals surface area contributed by atoms with Crippen molar-refractivity contribution in [2.75, 3.05) is 4.90 Å². The highest BCUT2D eigenvalue weighted by molar-refractivity contribution is 6.11. The Morgan fingerprint density at radius 2 is 0.902 bits per heavy atom. The lowest BCUT2D eigenvalue weighted by Gasteiger charge is -2.28. The summed E-state index contributed by atoms with van der Waals surface area (Å²) >= 11 is 0. The number of hydrogen-bond acceptors (Lipinski definition) is 2. The van der Waals surface area contributed by atoms with Crippen molar-refractivity contribution in [2.24, 2.45) is 0 Å². The summed E-state index contributed by atoms with van der Waals surface area (Å²) < 4.78 is 9.02. The van der Waals surface area contributed by atoms with Crippen LogP contribution in [0, 0.1) is 0 Å². The molecular formula is C58H38N2O. The van der Waals surface area contributed by atoms with Gasteiger partial charge < -0.3 is 13.9 Å². The molecule has 0 bridgehead atoms. The minimum atomic E-state index is 0.887. The number of rotatable bonds is 7. The van der Waals surface area contributed by atoms with Crippen LogP contribution in [0.2, 0.25) is 0 Å². The molecule has 0 spiro atoms. The number of furan rings is 1. The highest BCUT2D eigenvalue weighted by Gasteiger charge is 2.21. The van der Waals surface area contributed by atoms with Gasteiger partial charge in [0.15, 0.2) is 0 Å². The van der Waals surface area contributed by atoms with Crippen molar-refractivity contribution in [3.05, 3.63) is 231 Å². The topological polar surface area (TPSA) is 21.3 Å². The van der Waals surface area contributed by atoms with Crippen LogP contribution >= 0.6 is 0 Å². The Bertz CT molecular complexity index is 3540. The minimum absolute atomic E-state index is 0.887. The van der Waals surface area contributed by atoms with E-state index < -0.39 is 0 Å². The van der Waals surface area contributed by atoms with Crippen LogP contribution in [0.5, 0.6) is 0 Å². The predicted octanol–water partition coefficient (Wildman–Crippen LogP) is 16.3. The zero-order chi connectivity index (χ0) is 40.3. The second-order valence-electron chi connectivity index (χ2n) is 15.7. The highest BCUT2D eigenvalue weighted by Crippen LogP contribution is 2.45. The Kier molecular flexibility index (Phi) is 8.17. The molecule has 12 rings (SSSR count). The summed E-state index contributed by atoms with van der Waals surface area (Å²) in [6, 6.07) is 82.9. The third-order valence-corrected chi connectivity index (χ3v) is 12.2. The Hall–Kier alpha value is -8.14. The highest BCUT2D eigenvalue weighted by atomic mass is 16.3. The third kappa shape index (κ3) is 5.90. The van der Waals surface area contributed by atoms with E-state index >= 15 is 0 Å². The Balaban J connectivity index is 0.997. The summed E-state index contributed by atoms with van der Waals surface area (Å²) in [4.78, 5) is 2.39. The molecule has 0 aliphatic rings. The van der Waals surface area contributed by atoms with Gasteiger partial charge in [-0.3, -0.25) is 0 Å². The van der Waals surface area contributed by atoms with Gasteiger partial charge in [-0.25, -0.2) is 0 Å². The second-order valence-corrected chi connectivity index (χ2v) is 15.7. The standard InChI is InChI=1S/C58H38N2O/c1-2-14-43-37-44(32-31-39(43)13-1)42-29-27-40(28-30-42)41-33-35-45(36-34-41)59(46-15-11-16-47(38-46)60-55-24-8-3-17-48(55)49-18-4-9-25-56(49)60)54-23-7-5-19-50(54)52-21-12-22-53-51-20-6-10-26-57(51)61-58(52)53/h1-38H. The maximum atomic E-state index is 6.63. The Morgan fingerprint density at radius 3 is 1.67 bits per heavy atom. The summed E-state index contributed by atoms with van der Waals surface area (Å²) in [5.74, 6) is 0. The van der Waals surface area contributed by atoms with E-state index in [0.29, 0.717) is 0 Å². The van der Waals surface area contributed by atoms with Crippen molar-refractivity contribution in [2.45, 2.75) is 0 Å². The second kappa shape index (κ2) is 14.3. The van der Waals surface area contributed by atoms with E-state index in [1.165, 1.54) is 49.3 Å². The lowest BCUT2D eigenvalue weighted by molar-refractivity contribution is 0.670. The molecule has 0 fully saturated rings. The summed E-state index contributed by atoms with van der Waals surface area (Å²) in [5.41, 5.74) is 15.3. The lowest BCUT2D eigenvalue weighted by atomic mass is 9.97. The van der Waals surface area contributed by atoms with Crippen LogP contribution in [-0.2, 0) is 0 Å². The summed E-state index contributed by atoms with van der Waals surface area (Å²) in [6.45, 7) is 0. The summed E-state index contributed by atoms with van der Waals surface area (Å²) in [7, 11) is 0. The normalized spacial score (nSPS) is 11.6. The maximum Gasteiger partial charge on any atom is 0.143 e. The molecular weight excluding hydrogens is 741 g/mol. The van der Waals surface area contributed by atoms with E-state index in [1.54, 1.807) is 0 Å². The van der Waals surface area contributed by atoms with Crippen LogP contribution in [0.25, 0.3) is 93.6 Å². The lowest BCUT2D eigenvalue weighted by Crippen LogP contribution is -2.12. The molecule has 0 N–H and O–H groups in total. The molecule has 0 saturated carbocycles. The van der Waals surface area contributed by atoms with Crippen molar-refractivity contribution in [1.82, 2.24) is 4.57 Å². The number of hydrogen-bond donors (Lipinski definition) is 0. The number of nitrogens with zero attached hydrogens (tertiary/aromatic N) is 2. The van der Waals surface area contributed by atoms with Gasteiger partial charge >= 0.3 is 0 Å². The van der Waals surface area contributed by atoms with E-state index in [1.807, 2.05) is 6.07 Å². The molecule has 0 radical (unpaired) electrons. The van der Waals surface area contributed by atoms with Crippen molar-refractivity contribution < 1.29 is 4.42 Å². The molecule has 10 aromatic carbocycles. The van der Waals surface area contributed by atoms with Crippen molar-refractivity contribution >= 4 is 71.6 Å². The third-order valence-electron chi connectivity index (χ3n) is 12.2. The van der Waals surface area contributed by atoms with Gasteiger partial charge in [-0.05, 0) is 93.7 Å². The number of anilines is 3. The van der Waals surface area contributed by atoms with E-state index in [-0.39, 0.29) is 0 Å². The zero-order valence-corrected chi connectivity index (χ0v) is 33.2. The maximum absolute atomic E-state index is 6.63. The van der Waals surface area contributed by atoms with Gasteiger partial charge in [-0.15, -0.1) is 0 Å². The van der Waals surface area contributed by atoms with Crippen molar-refractivity contribution in [3.8, 4) is 39.1 Å². The van der Waals surface area contributed by atoms with Crippen LogP contribution in [0.15, 0.2) is 235 Å². The van der Waals surface area contributed by atoms with Crippen LogP contribution in [0.4, 0.5) is 17.1 Å². The van der Waals surface area contributed by atoms with Gasteiger partial charge in [0, 0.05) is 49.7 Å². The first-order valence-corrected chi connectivity index (χ1v) is 20.8. The molecule has 0 aliphatic carbocycles. The van der Waals surface area contributed by atoms with Gasteiger partial charge in [-0.1, -0.05) is 170 Å². The van der Waals surface area contributed by atoms with Crippen molar-refractivity contribution in [1.29, 1.82) is 0 Å². The first-order valence-electron chi connectivity index (χ1n) is 20.8. The molecule has 12 aromatic rings. The van der Waals surface area contributed by atoms with Crippen molar-refractivity contribution in [3.63, 3.8) is 0 Å². The molecule has 0 atom stereocenters. The van der Waals surface area contributed by atoms with E-state index in [0.717, 1.165) is 61.4 Å². The largest absolute Gasteiger partial charge is 0.455 e. The molecule has 3 heteroatoms. The molecule has 61 heavy (non-hydrogen) atoms. The first kappa shape index (κ1) is 34.9. The Morgan fingerprint density at radius 1 is 0.344 bits per heavy atom. The van der Waals surface area contributed by atoms with Crippen LogP contribution in [0.1, 0.15) is 0 Å². The fraction of sp³-hybridized carbons (Fsp3) is 0. The zero-order valence-electron chi connectivity index (χ0n) is 33.2. The minimum Gasteiger partial charge on any atom is -0.455 e. The number of para-hydroxylation sites is 5. The fourth-order valence-electron chi connectivity index (χ4n) is 9.28. The fourth-order valence-corrected chi connectivity index (χ4v) is 9.28. The molecule has 2 aromatic heterocycles. The van der Waals surface area contributed by atoms with E-state index in [4.69, 9.17) is 4.42 Å². The van der Waals surface area contributed by atoms with Gasteiger partial charge in [0.25, 0.3) is 0 Å². The average Bonchev–Trinajstić information content (AvgIpc) is 3.88. The molecule has 2 heterocycles. The monoisotopic (exact) mass is 778 g/mol. The predicted molar refractivity (Wildman–Crippen MR) is 257 cm³/mol.